The molecule has 0 aliphatic carbocycles. The van der Waals surface area contributed by atoms with E-state index in [0.29, 0.717) is 11.8 Å². The van der Waals surface area contributed by atoms with Crippen molar-refractivity contribution in [2.45, 2.75) is 25.6 Å². The van der Waals surface area contributed by atoms with Crippen LogP contribution in [0.15, 0.2) is 70.9 Å². The molecule has 0 saturated heterocycles. The molecule has 7 heteroatoms. The van der Waals surface area contributed by atoms with Gasteiger partial charge < -0.3 is 4.74 Å². The lowest BCUT2D eigenvalue weighted by Crippen LogP contribution is -2.19. The lowest BCUT2D eigenvalue weighted by molar-refractivity contribution is -0.118. The zero-order chi connectivity index (χ0) is 20.5. The Balaban J connectivity index is 1.47. The molecule has 0 bridgehead atoms. The van der Waals surface area contributed by atoms with Crippen molar-refractivity contribution in [1.29, 1.82) is 0 Å². The summed E-state index contributed by atoms with van der Waals surface area (Å²) in [6, 6.07) is 19.4. The molecule has 1 N–H and O–H groups in total. The number of hydrogen-bond donors (Lipinski definition) is 1. The van der Waals surface area contributed by atoms with E-state index < -0.39 is 0 Å². The topological polar surface area (TPSA) is 76.5 Å². The molecule has 0 spiro atoms. The molecule has 0 saturated carbocycles. The molecule has 0 radical (unpaired) electrons. The van der Waals surface area contributed by atoms with E-state index in [9.17, 15) is 4.79 Å². The number of hydrogen-bond acceptors (Lipinski definition) is 6. The number of thioether (sulfide) groups is 1. The summed E-state index contributed by atoms with van der Waals surface area (Å²) in [4.78, 5) is 20.6. The largest absolute Gasteiger partial charge is 0.489 e. The zero-order valence-corrected chi connectivity index (χ0v) is 17.1. The maximum atomic E-state index is 12.0. The number of rotatable bonds is 8. The highest BCUT2D eigenvalue weighted by molar-refractivity contribution is 7.99. The summed E-state index contributed by atoms with van der Waals surface area (Å²) in [5.41, 5.74) is 6.22. The van der Waals surface area contributed by atoms with Gasteiger partial charge in [0, 0.05) is 11.4 Å². The van der Waals surface area contributed by atoms with Crippen LogP contribution in [-0.4, -0.2) is 27.8 Å². The third kappa shape index (κ3) is 7.04. The van der Waals surface area contributed by atoms with Gasteiger partial charge in [0.25, 0.3) is 5.91 Å². The normalized spacial score (nSPS) is 10.8. The van der Waals surface area contributed by atoms with Crippen molar-refractivity contribution in [2.75, 3.05) is 5.75 Å². The van der Waals surface area contributed by atoms with Gasteiger partial charge in [-0.15, -0.1) is 0 Å². The van der Waals surface area contributed by atoms with Crippen LogP contribution in [0.4, 0.5) is 0 Å². The Labute approximate surface area is 174 Å². The Hall–Kier alpha value is -3.19. The summed E-state index contributed by atoms with van der Waals surface area (Å²) in [7, 11) is 0. The van der Waals surface area contributed by atoms with E-state index in [0.717, 1.165) is 28.3 Å². The fourth-order valence-corrected chi connectivity index (χ4v) is 3.27. The molecule has 1 heterocycles. The second kappa shape index (κ2) is 10.4. The van der Waals surface area contributed by atoms with E-state index in [-0.39, 0.29) is 11.7 Å². The SMILES string of the molecule is Cc1cc(C)nc(SCC(=O)N/N=C\c2cccc(OCc3ccccc3)c2)n1. The number of hydrazone groups is 1. The average molecular weight is 407 g/mol. The van der Waals surface area contributed by atoms with Crippen LogP contribution in [0.3, 0.4) is 0 Å². The zero-order valence-electron chi connectivity index (χ0n) is 16.3. The monoisotopic (exact) mass is 406 g/mol. The number of carbonyl (C=O) groups is 1. The van der Waals surface area contributed by atoms with Gasteiger partial charge in [0.2, 0.25) is 0 Å². The number of amides is 1. The first-order valence-electron chi connectivity index (χ1n) is 9.12. The molecule has 0 aliphatic heterocycles. The van der Waals surface area contributed by atoms with E-state index in [2.05, 4.69) is 20.5 Å². The van der Waals surface area contributed by atoms with Gasteiger partial charge in [0.15, 0.2) is 5.16 Å². The Kier molecular flexibility index (Phi) is 7.35. The minimum absolute atomic E-state index is 0.195. The first-order valence-corrected chi connectivity index (χ1v) is 10.1. The van der Waals surface area contributed by atoms with Gasteiger partial charge in [-0.1, -0.05) is 54.2 Å². The number of benzene rings is 2. The molecule has 0 unspecified atom stereocenters. The summed E-state index contributed by atoms with van der Waals surface area (Å²) in [5.74, 6) is 0.720. The smallest absolute Gasteiger partial charge is 0.250 e. The average Bonchev–Trinajstić information content (AvgIpc) is 2.71. The van der Waals surface area contributed by atoms with Crippen molar-refractivity contribution < 1.29 is 9.53 Å². The Bertz CT molecular complexity index is 973. The van der Waals surface area contributed by atoms with E-state index in [1.54, 1.807) is 6.21 Å². The summed E-state index contributed by atoms with van der Waals surface area (Å²) >= 11 is 1.28. The van der Waals surface area contributed by atoms with Crippen LogP contribution in [-0.2, 0) is 11.4 Å². The second-order valence-corrected chi connectivity index (χ2v) is 7.30. The van der Waals surface area contributed by atoms with Crippen LogP contribution in [0, 0.1) is 13.8 Å². The molecular weight excluding hydrogens is 384 g/mol. The van der Waals surface area contributed by atoms with Gasteiger partial charge >= 0.3 is 0 Å². The molecule has 29 heavy (non-hydrogen) atoms. The third-order valence-corrected chi connectivity index (χ3v) is 4.65. The maximum absolute atomic E-state index is 12.0. The number of aromatic nitrogens is 2. The quantitative estimate of drug-likeness (QED) is 0.266. The highest BCUT2D eigenvalue weighted by Gasteiger charge is 2.05. The minimum atomic E-state index is -0.217. The van der Waals surface area contributed by atoms with Crippen LogP contribution in [0.1, 0.15) is 22.5 Å². The molecule has 1 aromatic heterocycles. The number of ether oxygens (including phenoxy) is 1. The van der Waals surface area contributed by atoms with E-state index in [1.165, 1.54) is 11.8 Å². The van der Waals surface area contributed by atoms with Crippen LogP contribution >= 0.6 is 11.8 Å². The van der Waals surface area contributed by atoms with Gasteiger partial charge in [-0.05, 0) is 43.2 Å². The first-order chi connectivity index (χ1) is 14.1. The molecule has 148 valence electrons. The second-order valence-electron chi connectivity index (χ2n) is 6.36. The lowest BCUT2D eigenvalue weighted by atomic mass is 10.2. The summed E-state index contributed by atoms with van der Waals surface area (Å²) < 4.78 is 5.80. The standard InChI is InChI=1S/C22H22N4O2S/c1-16-11-17(2)25-22(24-16)29-15-21(27)26-23-13-19-9-6-10-20(12-19)28-14-18-7-4-3-5-8-18/h3-13H,14-15H2,1-2H3,(H,26,27)/b23-13-. The number of nitrogens with one attached hydrogen (secondary N) is 1. The van der Waals surface area contributed by atoms with E-state index in [4.69, 9.17) is 4.74 Å². The highest BCUT2D eigenvalue weighted by atomic mass is 32.2. The highest BCUT2D eigenvalue weighted by Crippen LogP contribution is 2.15. The van der Waals surface area contributed by atoms with Gasteiger partial charge in [-0.25, -0.2) is 15.4 Å². The molecule has 6 nitrogen and oxygen atoms in total. The minimum Gasteiger partial charge on any atom is -0.489 e. The predicted octanol–water partition coefficient (Wildman–Crippen LogP) is 3.91. The molecule has 1 amide bonds. The summed E-state index contributed by atoms with van der Waals surface area (Å²) in [6.07, 6.45) is 1.59. The van der Waals surface area contributed by atoms with Crippen molar-refractivity contribution in [1.82, 2.24) is 15.4 Å². The van der Waals surface area contributed by atoms with E-state index >= 15 is 0 Å². The van der Waals surface area contributed by atoms with Crippen LogP contribution in [0.25, 0.3) is 0 Å². The van der Waals surface area contributed by atoms with Crippen LogP contribution in [0.5, 0.6) is 5.75 Å². The summed E-state index contributed by atoms with van der Waals surface area (Å²) in [5, 5.41) is 4.60. The molecule has 0 fully saturated rings. The summed E-state index contributed by atoms with van der Waals surface area (Å²) in [6.45, 7) is 4.30. The van der Waals surface area contributed by atoms with Gasteiger partial charge in [-0.3, -0.25) is 4.79 Å². The van der Waals surface area contributed by atoms with Gasteiger partial charge in [0.1, 0.15) is 12.4 Å². The Morgan fingerprint density at radius 1 is 1.07 bits per heavy atom. The molecule has 2 aromatic carbocycles. The molecule has 3 aromatic rings. The van der Waals surface area contributed by atoms with Crippen molar-refractivity contribution in [2.24, 2.45) is 5.10 Å². The first kappa shape index (κ1) is 20.5. The fourth-order valence-electron chi connectivity index (χ4n) is 2.52. The number of aryl methyl sites for hydroxylation is 2. The van der Waals surface area contributed by atoms with Crippen molar-refractivity contribution in [3.05, 3.63) is 83.2 Å². The molecule has 0 atom stereocenters. The number of nitrogens with zero attached hydrogens (tertiary/aromatic N) is 3. The van der Waals surface area contributed by atoms with E-state index in [1.807, 2.05) is 74.5 Å². The van der Waals surface area contributed by atoms with Gasteiger partial charge in [-0.2, -0.15) is 5.10 Å². The van der Waals surface area contributed by atoms with Crippen molar-refractivity contribution in [3.63, 3.8) is 0 Å². The number of carbonyl (C=O) groups excluding carboxylic acids is 1. The lowest BCUT2D eigenvalue weighted by Gasteiger charge is -2.06. The fraction of sp³-hybridized carbons (Fsp3) is 0.182. The van der Waals surface area contributed by atoms with Gasteiger partial charge in [0.05, 0.1) is 12.0 Å². The molecular formula is C22H22N4O2S. The predicted molar refractivity (Wildman–Crippen MR) is 115 cm³/mol. The third-order valence-electron chi connectivity index (χ3n) is 3.80. The van der Waals surface area contributed by atoms with Crippen molar-refractivity contribution >= 4 is 23.9 Å². The Morgan fingerprint density at radius 3 is 2.59 bits per heavy atom. The molecule has 0 aliphatic rings. The molecule has 3 rings (SSSR count). The maximum Gasteiger partial charge on any atom is 0.250 e. The van der Waals surface area contributed by atoms with Crippen LogP contribution < -0.4 is 10.2 Å². The van der Waals surface area contributed by atoms with Crippen LogP contribution in [0.2, 0.25) is 0 Å². The van der Waals surface area contributed by atoms with Crippen molar-refractivity contribution in [3.8, 4) is 5.75 Å². The Morgan fingerprint density at radius 2 is 1.83 bits per heavy atom.